The Hall–Kier alpha value is -2.02. The molecule has 22 heavy (non-hydrogen) atoms. The van der Waals surface area contributed by atoms with Gasteiger partial charge in [-0.3, -0.25) is 4.79 Å². The number of carbonyl (C=O) groups excluding carboxylic acids is 2. The van der Waals surface area contributed by atoms with E-state index in [1.807, 2.05) is 0 Å². The first-order valence-corrected chi connectivity index (χ1v) is 6.89. The van der Waals surface area contributed by atoms with Crippen LogP contribution in [0.5, 0.6) is 0 Å². The number of amides is 1. The molecule has 0 aliphatic rings. The number of rotatable bonds is 7. The van der Waals surface area contributed by atoms with Crippen LogP contribution >= 0.6 is 0 Å². The number of ether oxygens (including phenoxy) is 1. The van der Waals surface area contributed by atoms with Gasteiger partial charge in [-0.05, 0) is 36.9 Å². The summed E-state index contributed by atoms with van der Waals surface area (Å²) < 4.78 is 31.7. The molecular weight excluding hydrogens is 294 g/mol. The third-order valence-corrected chi connectivity index (χ3v) is 3.37. The zero-order valence-corrected chi connectivity index (χ0v) is 12.6. The Morgan fingerprint density at radius 1 is 1.32 bits per heavy atom. The third-order valence-electron chi connectivity index (χ3n) is 3.37. The molecule has 3 N–H and O–H groups in total. The van der Waals surface area contributed by atoms with Crippen LogP contribution in [0.15, 0.2) is 18.2 Å². The van der Waals surface area contributed by atoms with Crippen molar-refractivity contribution < 1.29 is 23.1 Å². The summed E-state index contributed by atoms with van der Waals surface area (Å²) >= 11 is 0. The summed E-state index contributed by atoms with van der Waals surface area (Å²) in [5.41, 5.74) is 5.79. The lowest BCUT2D eigenvalue weighted by Crippen LogP contribution is -2.40. The van der Waals surface area contributed by atoms with Gasteiger partial charge in [-0.25, -0.2) is 13.6 Å². The van der Waals surface area contributed by atoms with Crippen molar-refractivity contribution in [2.45, 2.75) is 31.7 Å². The molecule has 0 aliphatic heterocycles. The van der Waals surface area contributed by atoms with Gasteiger partial charge in [0.05, 0.1) is 7.11 Å². The fourth-order valence-electron chi connectivity index (χ4n) is 2.24. The minimum atomic E-state index is -0.942. The Labute approximate surface area is 127 Å². The Balaban J connectivity index is 2.82. The van der Waals surface area contributed by atoms with Gasteiger partial charge in [0.25, 0.3) is 0 Å². The van der Waals surface area contributed by atoms with Gasteiger partial charge < -0.3 is 15.8 Å². The molecule has 122 valence electrons. The van der Waals surface area contributed by atoms with E-state index in [2.05, 4.69) is 10.1 Å². The molecule has 2 atom stereocenters. The molecule has 1 amide bonds. The summed E-state index contributed by atoms with van der Waals surface area (Å²) in [5, 5.41) is 2.47. The quantitative estimate of drug-likeness (QED) is 0.747. The summed E-state index contributed by atoms with van der Waals surface area (Å²) in [6.45, 7) is 1.37. The lowest BCUT2D eigenvalue weighted by atomic mass is 9.92. The first-order chi connectivity index (χ1) is 10.4. The molecule has 0 radical (unpaired) electrons. The first-order valence-electron chi connectivity index (χ1n) is 6.89. The zero-order valence-electron chi connectivity index (χ0n) is 12.6. The van der Waals surface area contributed by atoms with Gasteiger partial charge in [0.15, 0.2) is 11.6 Å². The maximum absolute atomic E-state index is 13.8. The van der Waals surface area contributed by atoms with Crippen LogP contribution in [0.3, 0.4) is 0 Å². The van der Waals surface area contributed by atoms with Crippen LogP contribution < -0.4 is 11.1 Å². The summed E-state index contributed by atoms with van der Waals surface area (Å²) in [4.78, 5) is 22.7. The van der Waals surface area contributed by atoms with E-state index in [0.717, 1.165) is 6.07 Å². The van der Waals surface area contributed by atoms with Crippen molar-refractivity contribution in [2.24, 2.45) is 5.73 Å². The van der Waals surface area contributed by atoms with E-state index in [1.165, 1.54) is 26.2 Å². The van der Waals surface area contributed by atoms with Gasteiger partial charge >= 0.3 is 5.97 Å². The summed E-state index contributed by atoms with van der Waals surface area (Å²) in [6.07, 6.45) is 0.515. The van der Waals surface area contributed by atoms with Gasteiger partial charge in [0.2, 0.25) is 5.91 Å². The van der Waals surface area contributed by atoms with E-state index < -0.39 is 29.6 Å². The molecule has 0 heterocycles. The van der Waals surface area contributed by atoms with Crippen molar-refractivity contribution in [2.75, 3.05) is 13.7 Å². The van der Waals surface area contributed by atoms with E-state index in [9.17, 15) is 18.4 Å². The molecule has 1 rings (SSSR count). The summed E-state index contributed by atoms with van der Waals surface area (Å²) in [5.74, 6) is -3.31. The summed E-state index contributed by atoms with van der Waals surface area (Å²) in [6, 6.07) is 3.05. The fourth-order valence-corrected chi connectivity index (χ4v) is 2.24. The molecule has 0 aliphatic carbocycles. The average Bonchev–Trinajstić information content (AvgIpc) is 2.49. The van der Waals surface area contributed by atoms with Gasteiger partial charge in [-0.15, -0.1) is 0 Å². The largest absolute Gasteiger partial charge is 0.467 e. The topological polar surface area (TPSA) is 81.4 Å². The highest BCUT2D eigenvalue weighted by atomic mass is 19.2. The minimum absolute atomic E-state index is 0.0916. The highest BCUT2D eigenvalue weighted by Crippen LogP contribution is 2.25. The van der Waals surface area contributed by atoms with Gasteiger partial charge in [-0.1, -0.05) is 12.1 Å². The number of halogens is 2. The van der Waals surface area contributed by atoms with E-state index in [0.29, 0.717) is 6.42 Å². The predicted octanol–water partition coefficient (Wildman–Crippen LogP) is 1.46. The lowest BCUT2D eigenvalue weighted by molar-refractivity contribution is -0.145. The summed E-state index contributed by atoms with van der Waals surface area (Å²) in [7, 11) is 1.21. The van der Waals surface area contributed by atoms with Crippen LogP contribution in [0.4, 0.5) is 8.78 Å². The number of nitrogens with two attached hydrogens (primary N) is 1. The molecule has 5 nitrogen and oxygen atoms in total. The van der Waals surface area contributed by atoms with Crippen molar-refractivity contribution in [3.63, 3.8) is 0 Å². The van der Waals surface area contributed by atoms with E-state index in [1.54, 1.807) is 0 Å². The second kappa shape index (κ2) is 8.43. The molecular formula is C15H20F2N2O3. The van der Waals surface area contributed by atoms with Gasteiger partial charge in [0.1, 0.15) is 6.04 Å². The fraction of sp³-hybridized carbons (Fsp3) is 0.467. The molecule has 1 aromatic carbocycles. The van der Waals surface area contributed by atoms with Crippen molar-refractivity contribution in [3.05, 3.63) is 35.4 Å². The normalized spacial score (nSPS) is 13.3. The van der Waals surface area contributed by atoms with Crippen molar-refractivity contribution in [3.8, 4) is 0 Å². The standard InChI is InChI=1S/C15H20F2N2O3/c1-9(20)19-13(15(21)22-2)7-6-10(8-18)11-4-3-5-12(16)14(11)17/h3-5,10,13H,6-8,18H2,1-2H3,(H,19,20)/t10-,13?/m1/s1. The number of esters is 1. The smallest absolute Gasteiger partial charge is 0.328 e. The van der Waals surface area contributed by atoms with Crippen LogP contribution in [0, 0.1) is 11.6 Å². The Morgan fingerprint density at radius 2 is 2.00 bits per heavy atom. The van der Waals surface area contributed by atoms with Crippen LogP contribution in [-0.4, -0.2) is 31.6 Å². The van der Waals surface area contributed by atoms with Crippen LogP contribution in [-0.2, 0) is 14.3 Å². The molecule has 7 heteroatoms. The number of benzene rings is 1. The Bertz CT molecular complexity index is 538. The molecule has 0 fully saturated rings. The molecule has 0 bridgehead atoms. The van der Waals surface area contributed by atoms with Crippen molar-refractivity contribution in [1.29, 1.82) is 0 Å². The van der Waals surface area contributed by atoms with Gasteiger partial charge in [-0.2, -0.15) is 0 Å². The molecule has 1 unspecified atom stereocenters. The molecule has 1 aromatic rings. The number of nitrogens with one attached hydrogen (secondary N) is 1. The monoisotopic (exact) mass is 314 g/mol. The SMILES string of the molecule is COC(=O)C(CC[C@H](CN)c1cccc(F)c1F)NC(C)=O. The highest BCUT2D eigenvalue weighted by molar-refractivity contribution is 5.83. The third kappa shape index (κ3) is 4.77. The maximum Gasteiger partial charge on any atom is 0.328 e. The molecule has 0 aromatic heterocycles. The Kier molecular flexibility index (Phi) is 6.91. The highest BCUT2D eigenvalue weighted by Gasteiger charge is 2.23. The zero-order chi connectivity index (χ0) is 16.7. The van der Waals surface area contributed by atoms with Gasteiger partial charge in [0, 0.05) is 6.92 Å². The van der Waals surface area contributed by atoms with E-state index in [4.69, 9.17) is 5.73 Å². The van der Waals surface area contributed by atoms with Crippen LogP contribution in [0.1, 0.15) is 31.2 Å². The molecule has 0 spiro atoms. The van der Waals surface area contributed by atoms with Crippen LogP contribution in [0.25, 0.3) is 0 Å². The molecule has 0 saturated carbocycles. The van der Waals surface area contributed by atoms with E-state index >= 15 is 0 Å². The second-order valence-electron chi connectivity index (χ2n) is 4.93. The number of methoxy groups -OCH3 is 1. The van der Waals surface area contributed by atoms with Crippen molar-refractivity contribution >= 4 is 11.9 Å². The minimum Gasteiger partial charge on any atom is -0.467 e. The average molecular weight is 314 g/mol. The number of hydrogen-bond acceptors (Lipinski definition) is 4. The van der Waals surface area contributed by atoms with Crippen molar-refractivity contribution in [1.82, 2.24) is 5.32 Å². The van der Waals surface area contributed by atoms with E-state index in [-0.39, 0.29) is 24.4 Å². The predicted molar refractivity (Wildman–Crippen MR) is 77.0 cm³/mol. The number of hydrogen-bond donors (Lipinski definition) is 2. The maximum atomic E-state index is 13.8. The first kappa shape index (κ1) is 18.0. The Morgan fingerprint density at radius 3 is 2.55 bits per heavy atom. The number of carbonyl (C=O) groups is 2. The second-order valence-corrected chi connectivity index (χ2v) is 4.93. The van der Waals surface area contributed by atoms with Crippen LogP contribution in [0.2, 0.25) is 0 Å². The lowest BCUT2D eigenvalue weighted by Gasteiger charge is -2.20. The molecule has 0 saturated heterocycles.